The molecule has 0 bridgehead atoms. The van der Waals surface area contributed by atoms with Crippen molar-refractivity contribution in [2.24, 2.45) is 0 Å². The minimum absolute atomic E-state index is 0.350. The number of morpholine rings is 1. The summed E-state index contributed by atoms with van der Waals surface area (Å²) < 4.78 is 5.62. The Morgan fingerprint density at radius 1 is 1.27 bits per heavy atom. The second-order valence-corrected chi connectivity index (χ2v) is 4.27. The van der Waals surface area contributed by atoms with Crippen LogP contribution in [0.1, 0.15) is 19.4 Å². The first-order valence-corrected chi connectivity index (χ1v) is 5.67. The van der Waals surface area contributed by atoms with E-state index in [1.807, 2.05) is 0 Å². The van der Waals surface area contributed by atoms with Gasteiger partial charge in [0.15, 0.2) is 0 Å². The van der Waals surface area contributed by atoms with Crippen LogP contribution >= 0.6 is 0 Å². The van der Waals surface area contributed by atoms with Crippen LogP contribution in [0.4, 0.5) is 0 Å². The predicted octanol–water partition coefficient (Wildman–Crippen LogP) is 2.30. The van der Waals surface area contributed by atoms with Crippen LogP contribution < -0.4 is 0 Å². The third kappa shape index (κ3) is 2.58. The Hall–Kier alpha value is -0.860. The first kappa shape index (κ1) is 10.7. The van der Waals surface area contributed by atoms with Crippen molar-refractivity contribution in [1.29, 1.82) is 0 Å². The molecule has 2 heteroatoms. The zero-order valence-electron chi connectivity index (χ0n) is 9.52. The van der Waals surface area contributed by atoms with Crippen molar-refractivity contribution in [2.45, 2.75) is 32.5 Å². The molecule has 0 aliphatic carbocycles. The highest BCUT2D eigenvalue weighted by atomic mass is 16.5. The van der Waals surface area contributed by atoms with E-state index in [1.165, 1.54) is 5.56 Å². The van der Waals surface area contributed by atoms with Crippen LogP contribution in [0.25, 0.3) is 0 Å². The van der Waals surface area contributed by atoms with E-state index in [0.717, 1.165) is 19.7 Å². The molecule has 1 heterocycles. The minimum Gasteiger partial charge on any atom is -0.376 e. The van der Waals surface area contributed by atoms with E-state index >= 15 is 0 Å². The van der Waals surface area contributed by atoms with E-state index in [2.05, 4.69) is 49.1 Å². The van der Waals surface area contributed by atoms with Gasteiger partial charge in [-0.15, -0.1) is 0 Å². The summed E-state index contributed by atoms with van der Waals surface area (Å²) in [6.45, 7) is 7.34. The van der Waals surface area contributed by atoms with Crippen LogP contribution in [0.3, 0.4) is 0 Å². The molecule has 1 saturated heterocycles. The summed E-state index contributed by atoms with van der Waals surface area (Å²) in [6, 6.07) is 11.2. The molecule has 1 aromatic carbocycles. The van der Waals surface area contributed by atoms with Gasteiger partial charge >= 0.3 is 0 Å². The van der Waals surface area contributed by atoms with Crippen molar-refractivity contribution in [3.8, 4) is 0 Å². The Balaban J connectivity index is 1.99. The topological polar surface area (TPSA) is 12.5 Å². The second-order valence-electron chi connectivity index (χ2n) is 4.27. The van der Waals surface area contributed by atoms with Crippen LogP contribution in [-0.2, 0) is 11.3 Å². The van der Waals surface area contributed by atoms with E-state index < -0.39 is 0 Å². The molecule has 15 heavy (non-hydrogen) atoms. The van der Waals surface area contributed by atoms with Crippen LogP contribution in [0.15, 0.2) is 30.3 Å². The third-order valence-corrected chi connectivity index (χ3v) is 3.24. The predicted molar refractivity (Wildman–Crippen MR) is 61.7 cm³/mol. The summed E-state index contributed by atoms with van der Waals surface area (Å²) >= 11 is 0. The van der Waals surface area contributed by atoms with E-state index in [1.54, 1.807) is 0 Å². The van der Waals surface area contributed by atoms with Crippen LogP contribution in [0.2, 0.25) is 0 Å². The smallest absolute Gasteiger partial charge is 0.0700 e. The largest absolute Gasteiger partial charge is 0.376 e. The fourth-order valence-corrected chi connectivity index (χ4v) is 2.04. The van der Waals surface area contributed by atoms with Gasteiger partial charge in [-0.25, -0.2) is 0 Å². The van der Waals surface area contributed by atoms with Gasteiger partial charge in [-0.3, -0.25) is 4.90 Å². The Bertz CT molecular complexity index is 299. The Morgan fingerprint density at radius 2 is 2.00 bits per heavy atom. The molecular weight excluding hydrogens is 186 g/mol. The quantitative estimate of drug-likeness (QED) is 0.734. The lowest BCUT2D eigenvalue weighted by Gasteiger charge is -2.37. The average molecular weight is 205 g/mol. The van der Waals surface area contributed by atoms with Gasteiger partial charge in [-0.05, 0) is 19.4 Å². The van der Waals surface area contributed by atoms with E-state index in [9.17, 15) is 0 Å². The molecule has 0 aromatic heterocycles. The number of nitrogens with zero attached hydrogens (tertiary/aromatic N) is 1. The molecule has 2 atom stereocenters. The maximum Gasteiger partial charge on any atom is 0.0700 e. The maximum atomic E-state index is 5.62. The molecule has 1 aliphatic rings. The van der Waals surface area contributed by atoms with Crippen molar-refractivity contribution in [2.75, 3.05) is 13.2 Å². The van der Waals surface area contributed by atoms with Gasteiger partial charge in [0.2, 0.25) is 0 Å². The molecule has 2 nitrogen and oxygen atoms in total. The summed E-state index contributed by atoms with van der Waals surface area (Å²) in [7, 11) is 0. The Morgan fingerprint density at radius 3 is 2.73 bits per heavy atom. The average Bonchev–Trinajstić information content (AvgIpc) is 2.26. The fraction of sp³-hybridized carbons (Fsp3) is 0.538. The molecule has 1 aliphatic heterocycles. The van der Waals surface area contributed by atoms with E-state index in [4.69, 9.17) is 4.74 Å². The van der Waals surface area contributed by atoms with Crippen molar-refractivity contribution < 1.29 is 4.74 Å². The van der Waals surface area contributed by atoms with Gasteiger partial charge in [-0.2, -0.15) is 0 Å². The SMILES string of the molecule is C[C@@H]1[C@@H](C)OCCN1Cc1ccccc1. The molecule has 0 spiro atoms. The molecular formula is C13H19NO. The number of ether oxygens (including phenoxy) is 1. The van der Waals surface area contributed by atoms with Gasteiger partial charge in [-0.1, -0.05) is 30.3 Å². The summed E-state index contributed by atoms with van der Waals surface area (Å²) in [5, 5.41) is 0. The van der Waals surface area contributed by atoms with Crippen molar-refractivity contribution >= 4 is 0 Å². The molecule has 0 radical (unpaired) electrons. The first-order valence-electron chi connectivity index (χ1n) is 5.67. The number of benzene rings is 1. The lowest BCUT2D eigenvalue weighted by Crippen LogP contribution is -2.47. The number of hydrogen-bond acceptors (Lipinski definition) is 2. The van der Waals surface area contributed by atoms with Crippen molar-refractivity contribution in [3.05, 3.63) is 35.9 Å². The Kier molecular flexibility index (Phi) is 3.39. The highest BCUT2D eigenvalue weighted by Crippen LogP contribution is 2.16. The summed E-state index contributed by atoms with van der Waals surface area (Å²) in [5.74, 6) is 0. The zero-order chi connectivity index (χ0) is 10.7. The summed E-state index contributed by atoms with van der Waals surface area (Å²) in [4.78, 5) is 2.49. The second kappa shape index (κ2) is 4.77. The highest BCUT2D eigenvalue weighted by Gasteiger charge is 2.24. The molecule has 2 rings (SSSR count). The molecule has 0 unspecified atom stereocenters. The third-order valence-electron chi connectivity index (χ3n) is 3.24. The van der Waals surface area contributed by atoms with Gasteiger partial charge in [0.05, 0.1) is 12.7 Å². The minimum atomic E-state index is 0.350. The number of rotatable bonds is 2. The van der Waals surface area contributed by atoms with E-state index in [0.29, 0.717) is 12.1 Å². The lowest BCUT2D eigenvalue weighted by atomic mass is 10.1. The standard InChI is InChI=1S/C13H19NO/c1-11-12(2)15-9-8-14(11)10-13-6-4-3-5-7-13/h3-7,11-12H,8-10H2,1-2H3/t11-,12-/m1/s1. The van der Waals surface area contributed by atoms with Gasteiger partial charge in [0, 0.05) is 19.1 Å². The highest BCUT2D eigenvalue weighted by molar-refractivity contribution is 5.14. The maximum absolute atomic E-state index is 5.62. The van der Waals surface area contributed by atoms with Crippen LogP contribution in [0, 0.1) is 0 Å². The van der Waals surface area contributed by atoms with Gasteiger partial charge in [0.1, 0.15) is 0 Å². The van der Waals surface area contributed by atoms with Crippen LogP contribution in [0.5, 0.6) is 0 Å². The molecule has 82 valence electrons. The molecule has 0 N–H and O–H groups in total. The fourth-order valence-electron chi connectivity index (χ4n) is 2.04. The zero-order valence-corrected chi connectivity index (χ0v) is 9.52. The van der Waals surface area contributed by atoms with Gasteiger partial charge < -0.3 is 4.74 Å². The molecule has 1 fully saturated rings. The normalized spacial score (nSPS) is 27.9. The van der Waals surface area contributed by atoms with Crippen LogP contribution in [-0.4, -0.2) is 30.2 Å². The van der Waals surface area contributed by atoms with E-state index in [-0.39, 0.29) is 0 Å². The van der Waals surface area contributed by atoms with Crippen molar-refractivity contribution in [3.63, 3.8) is 0 Å². The van der Waals surface area contributed by atoms with Crippen molar-refractivity contribution in [1.82, 2.24) is 4.90 Å². The molecule has 0 amide bonds. The first-order chi connectivity index (χ1) is 7.27. The summed E-state index contributed by atoms with van der Waals surface area (Å²) in [5.41, 5.74) is 1.39. The van der Waals surface area contributed by atoms with Gasteiger partial charge in [0.25, 0.3) is 0 Å². The molecule has 1 aromatic rings. The summed E-state index contributed by atoms with van der Waals surface area (Å²) in [6.07, 6.45) is 0.350. The molecule has 0 saturated carbocycles. The lowest BCUT2D eigenvalue weighted by molar-refractivity contribution is -0.0584. The monoisotopic (exact) mass is 205 g/mol. The number of hydrogen-bond donors (Lipinski definition) is 0. The Labute approximate surface area is 91.9 Å².